The van der Waals surface area contributed by atoms with Crippen molar-refractivity contribution >= 4 is 0 Å². The van der Waals surface area contributed by atoms with Gasteiger partial charge in [-0.15, -0.1) is 0 Å². The van der Waals surface area contributed by atoms with E-state index in [-0.39, 0.29) is 5.54 Å². The van der Waals surface area contributed by atoms with Gasteiger partial charge in [-0.2, -0.15) is 0 Å². The third-order valence-electron chi connectivity index (χ3n) is 4.09. The zero-order valence-corrected chi connectivity index (χ0v) is 11.6. The molecule has 0 atom stereocenters. The standard InChI is InChI=1S/C15H25N3/c1-15(2,14-6-4-3-5-7-14)18-12-10-17(9-8-16)11-13-18/h3-7H,8-13,16H2,1-2H3. The van der Waals surface area contributed by atoms with E-state index >= 15 is 0 Å². The molecule has 0 bridgehead atoms. The molecule has 3 nitrogen and oxygen atoms in total. The highest BCUT2D eigenvalue weighted by atomic mass is 15.3. The zero-order valence-electron chi connectivity index (χ0n) is 11.6. The highest BCUT2D eigenvalue weighted by molar-refractivity contribution is 5.23. The average molecular weight is 247 g/mol. The first-order valence-corrected chi connectivity index (χ1v) is 6.87. The van der Waals surface area contributed by atoms with Gasteiger partial charge in [0.2, 0.25) is 0 Å². The molecule has 100 valence electrons. The molecule has 0 saturated carbocycles. The van der Waals surface area contributed by atoms with Gasteiger partial charge in [0.15, 0.2) is 0 Å². The molecule has 1 aromatic carbocycles. The van der Waals surface area contributed by atoms with E-state index in [2.05, 4.69) is 54.0 Å². The second-order valence-electron chi connectivity index (χ2n) is 5.54. The number of piperazine rings is 1. The summed E-state index contributed by atoms with van der Waals surface area (Å²) < 4.78 is 0. The number of hydrogen-bond acceptors (Lipinski definition) is 3. The maximum atomic E-state index is 5.62. The molecule has 18 heavy (non-hydrogen) atoms. The second-order valence-corrected chi connectivity index (χ2v) is 5.54. The van der Waals surface area contributed by atoms with E-state index in [1.54, 1.807) is 0 Å². The Morgan fingerprint density at radius 1 is 1.06 bits per heavy atom. The molecule has 3 heteroatoms. The van der Waals surface area contributed by atoms with E-state index in [1.165, 1.54) is 5.56 Å². The summed E-state index contributed by atoms with van der Waals surface area (Å²) in [5, 5.41) is 0. The molecule has 0 amide bonds. The van der Waals surface area contributed by atoms with Gasteiger partial charge in [-0.25, -0.2) is 0 Å². The molecule has 1 aromatic rings. The van der Waals surface area contributed by atoms with Gasteiger partial charge in [-0.05, 0) is 19.4 Å². The molecule has 2 rings (SSSR count). The lowest BCUT2D eigenvalue weighted by Crippen LogP contribution is -2.53. The lowest BCUT2D eigenvalue weighted by molar-refractivity contribution is 0.0518. The first-order valence-electron chi connectivity index (χ1n) is 6.87. The van der Waals surface area contributed by atoms with Crippen LogP contribution in [0.25, 0.3) is 0 Å². The first-order chi connectivity index (χ1) is 8.64. The SMILES string of the molecule is CC(C)(c1ccccc1)N1CCN(CCN)CC1. The number of hydrogen-bond donors (Lipinski definition) is 1. The molecular weight excluding hydrogens is 222 g/mol. The predicted octanol–water partition coefficient (Wildman–Crippen LogP) is 1.50. The minimum atomic E-state index is 0.121. The molecule has 0 aromatic heterocycles. The summed E-state index contributed by atoms with van der Waals surface area (Å²) in [4.78, 5) is 5.03. The molecule has 0 radical (unpaired) electrons. The summed E-state index contributed by atoms with van der Waals surface area (Å²) in [5.41, 5.74) is 7.14. The van der Waals surface area contributed by atoms with Gasteiger partial charge in [0, 0.05) is 44.8 Å². The number of benzene rings is 1. The van der Waals surface area contributed by atoms with Crippen LogP contribution in [0.5, 0.6) is 0 Å². The van der Waals surface area contributed by atoms with Gasteiger partial charge in [-0.3, -0.25) is 9.80 Å². The van der Waals surface area contributed by atoms with Crippen molar-refractivity contribution in [1.29, 1.82) is 0 Å². The van der Waals surface area contributed by atoms with Crippen LogP contribution in [0.2, 0.25) is 0 Å². The monoisotopic (exact) mass is 247 g/mol. The van der Waals surface area contributed by atoms with Crippen LogP contribution in [-0.4, -0.2) is 49.1 Å². The molecule has 1 aliphatic heterocycles. The van der Waals surface area contributed by atoms with Crippen molar-refractivity contribution in [3.8, 4) is 0 Å². The fraction of sp³-hybridized carbons (Fsp3) is 0.600. The Kier molecular flexibility index (Phi) is 4.38. The van der Waals surface area contributed by atoms with Crippen LogP contribution in [0.4, 0.5) is 0 Å². The summed E-state index contributed by atoms with van der Waals surface area (Å²) >= 11 is 0. The smallest absolute Gasteiger partial charge is 0.0405 e. The largest absolute Gasteiger partial charge is 0.329 e. The van der Waals surface area contributed by atoms with Crippen LogP contribution >= 0.6 is 0 Å². The van der Waals surface area contributed by atoms with Crippen LogP contribution in [0, 0.1) is 0 Å². The maximum Gasteiger partial charge on any atom is 0.0405 e. The molecule has 1 heterocycles. The third-order valence-corrected chi connectivity index (χ3v) is 4.09. The van der Waals surface area contributed by atoms with Crippen molar-refractivity contribution in [2.45, 2.75) is 19.4 Å². The van der Waals surface area contributed by atoms with E-state index in [0.717, 1.165) is 39.3 Å². The molecule has 2 N–H and O–H groups in total. The molecule has 1 fully saturated rings. The van der Waals surface area contributed by atoms with Crippen molar-refractivity contribution in [3.05, 3.63) is 35.9 Å². The minimum absolute atomic E-state index is 0.121. The van der Waals surface area contributed by atoms with Crippen molar-refractivity contribution in [2.24, 2.45) is 5.73 Å². The Morgan fingerprint density at radius 3 is 2.22 bits per heavy atom. The van der Waals surface area contributed by atoms with E-state index in [0.29, 0.717) is 0 Å². The summed E-state index contributed by atoms with van der Waals surface area (Å²) in [6, 6.07) is 10.8. The Morgan fingerprint density at radius 2 is 1.67 bits per heavy atom. The molecule has 1 aliphatic rings. The fourth-order valence-corrected chi connectivity index (χ4v) is 2.74. The molecular formula is C15H25N3. The third kappa shape index (κ3) is 2.91. The van der Waals surface area contributed by atoms with Crippen LogP contribution in [0.15, 0.2) is 30.3 Å². The average Bonchev–Trinajstić information content (AvgIpc) is 2.41. The lowest BCUT2D eigenvalue weighted by Gasteiger charge is -2.44. The second kappa shape index (κ2) is 5.83. The fourth-order valence-electron chi connectivity index (χ4n) is 2.74. The number of nitrogens with two attached hydrogens (primary N) is 1. The zero-order chi connectivity index (χ0) is 13.0. The quantitative estimate of drug-likeness (QED) is 0.875. The van der Waals surface area contributed by atoms with E-state index in [1.807, 2.05) is 0 Å². The normalized spacial score (nSPS) is 19.1. The number of nitrogens with zero attached hydrogens (tertiary/aromatic N) is 2. The van der Waals surface area contributed by atoms with Crippen molar-refractivity contribution in [3.63, 3.8) is 0 Å². The Balaban J connectivity index is 2.00. The summed E-state index contributed by atoms with van der Waals surface area (Å²) in [6.07, 6.45) is 0. The van der Waals surface area contributed by atoms with Crippen molar-refractivity contribution in [1.82, 2.24) is 9.80 Å². The molecule has 1 saturated heterocycles. The lowest BCUT2D eigenvalue weighted by atomic mass is 9.91. The highest BCUT2D eigenvalue weighted by Gasteiger charge is 2.30. The highest BCUT2D eigenvalue weighted by Crippen LogP contribution is 2.28. The van der Waals surface area contributed by atoms with Gasteiger partial charge in [0.25, 0.3) is 0 Å². The molecule has 0 unspecified atom stereocenters. The van der Waals surface area contributed by atoms with Gasteiger partial charge >= 0.3 is 0 Å². The van der Waals surface area contributed by atoms with Crippen molar-refractivity contribution in [2.75, 3.05) is 39.3 Å². The van der Waals surface area contributed by atoms with Crippen molar-refractivity contribution < 1.29 is 0 Å². The van der Waals surface area contributed by atoms with Crippen LogP contribution in [0.3, 0.4) is 0 Å². The van der Waals surface area contributed by atoms with Gasteiger partial charge < -0.3 is 5.73 Å². The van der Waals surface area contributed by atoms with Crippen LogP contribution < -0.4 is 5.73 Å². The number of rotatable bonds is 4. The van der Waals surface area contributed by atoms with Gasteiger partial charge in [0.05, 0.1) is 0 Å². The van der Waals surface area contributed by atoms with Crippen LogP contribution in [-0.2, 0) is 5.54 Å². The molecule has 0 aliphatic carbocycles. The predicted molar refractivity (Wildman–Crippen MR) is 76.5 cm³/mol. The van der Waals surface area contributed by atoms with E-state index < -0.39 is 0 Å². The van der Waals surface area contributed by atoms with Gasteiger partial charge in [-0.1, -0.05) is 30.3 Å². The Bertz CT molecular complexity index is 353. The summed E-state index contributed by atoms with van der Waals surface area (Å²) in [6.45, 7) is 11.0. The Hall–Kier alpha value is -0.900. The topological polar surface area (TPSA) is 32.5 Å². The van der Waals surface area contributed by atoms with Crippen LogP contribution in [0.1, 0.15) is 19.4 Å². The van der Waals surface area contributed by atoms with Gasteiger partial charge in [0.1, 0.15) is 0 Å². The molecule has 0 spiro atoms. The summed E-state index contributed by atoms with van der Waals surface area (Å²) in [5.74, 6) is 0. The Labute approximate surface area is 111 Å². The summed E-state index contributed by atoms with van der Waals surface area (Å²) in [7, 11) is 0. The van der Waals surface area contributed by atoms with E-state index in [4.69, 9.17) is 5.73 Å². The first kappa shape index (κ1) is 13.5. The minimum Gasteiger partial charge on any atom is -0.329 e. The maximum absolute atomic E-state index is 5.62. The van der Waals surface area contributed by atoms with E-state index in [9.17, 15) is 0 Å².